The van der Waals surface area contributed by atoms with Gasteiger partial charge in [0.25, 0.3) is 0 Å². The van der Waals surface area contributed by atoms with Gasteiger partial charge >= 0.3 is 13.7 Å². The summed E-state index contributed by atoms with van der Waals surface area (Å²) in [5.74, 6) is -0.0420. The molecule has 0 saturated carbocycles. The smallest absolute Gasteiger partial charge is 0.445 e. The summed E-state index contributed by atoms with van der Waals surface area (Å²) in [6.45, 7) is 14.1. The molecule has 0 aliphatic carbocycles. The van der Waals surface area contributed by atoms with Crippen LogP contribution in [0.1, 0.15) is 58.7 Å². The van der Waals surface area contributed by atoms with Crippen LogP contribution >= 0.6 is 7.60 Å². The lowest BCUT2D eigenvalue weighted by atomic mass is 10.0. The second-order valence-electron chi connectivity index (χ2n) is 9.60. The van der Waals surface area contributed by atoms with E-state index in [0.717, 1.165) is 38.9 Å². The van der Waals surface area contributed by atoms with Crippen LogP contribution in [0.15, 0.2) is 54.6 Å². The lowest BCUT2D eigenvalue weighted by Crippen LogP contribution is -2.37. The van der Waals surface area contributed by atoms with Crippen LogP contribution < -0.4 is 14.4 Å². The summed E-state index contributed by atoms with van der Waals surface area (Å²) < 4.78 is 32.3. The molecule has 0 spiro atoms. The minimum absolute atomic E-state index is 0.101. The topological polar surface area (TPSA) is 73.9 Å². The van der Waals surface area contributed by atoms with Gasteiger partial charge in [0.05, 0.1) is 0 Å². The van der Waals surface area contributed by atoms with Crippen LogP contribution in [0.25, 0.3) is 0 Å². The van der Waals surface area contributed by atoms with Gasteiger partial charge < -0.3 is 19.1 Å². The van der Waals surface area contributed by atoms with Crippen LogP contribution in [-0.4, -0.2) is 11.9 Å². The third-order valence-corrected chi connectivity index (χ3v) is 8.79. The molecule has 3 aromatic rings. The predicted octanol–water partition coefficient (Wildman–Crippen LogP) is 8.24. The molecular formula is C30H38NO5P. The van der Waals surface area contributed by atoms with Crippen molar-refractivity contribution >= 4 is 13.7 Å². The van der Waals surface area contributed by atoms with Gasteiger partial charge in [-0.3, -0.25) is 0 Å². The molecule has 0 saturated heterocycles. The van der Waals surface area contributed by atoms with E-state index in [2.05, 4.69) is 5.32 Å². The summed E-state index contributed by atoms with van der Waals surface area (Å²) >= 11 is 0. The van der Waals surface area contributed by atoms with Crippen molar-refractivity contribution in [3.63, 3.8) is 0 Å². The van der Waals surface area contributed by atoms with Gasteiger partial charge in [0.2, 0.25) is 0 Å². The zero-order valence-electron chi connectivity index (χ0n) is 22.9. The van der Waals surface area contributed by atoms with Gasteiger partial charge in [-0.2, -0.15) is 0 Å². The maximum absolute atomic E-state index is 14.6. The summed E-state index contributed by atoms with van der Waals surface area (Å²) in [5.41, 5.74) is 7.21. The number of amides is 1. The second-order valence-corrected chi connectivity index (χ2v) is 11.7. The molecule has 0 unspecified atom stereocenters. The molecule has 6 nitrogen and oxygen atoms in total. The Labute approximate surface area is 220 Å². The van der Waals surface area contributed by atoms with Gasteiger partial charge in [0.15, 0.2) is 5.78 Å². The summed E-state index contributed by atoms with van der Waals surface area (Å²) in [5, 5.41) is 2.78. The van der Waals surface area contributed by atoms with Gasteiger partial charge in [0, 0.05) is 0 Å². The van der Waals surface area contributed by atoms with Crippen LogP contribution in [0, 0.1) is 41.5 Å². The molecule has 7 heteroatoms. The molecule has 198 valence electrons. The largest absolute Gasteiger partial charge is 0.453 e. The highest BCUT2D eigenvalue weighted by atomic mass is 31.2. The van der Waals surface area contributed by atoms with Crippen molar-refractivity contribution in [3.05, 3.63) is 93.5 Å². The molecule has 1 N–H and O–H groups in total. The molecule has 0 aliphatic heterocycles. The zero-order valence-corrected chi connectivity index (χ0v) is 23.8. The average molecular weight is 524 g/mol. The van der Waals surface area contributed by atoms with Crippen molar-refractivity contribution in [2.75, 3.05) is 0 Å². The SMILES string of the molecule is CCC[C@@H](NC(=O)OCc1ccccc1)P(=O)(Oc1cc(C)c(C)c(C)c1)Oc1cc(C)c(C)c(C)c1. The molecule has 0 aliphatic rings. The molecule has 0 fully saturated rings. The Morgan fingerprint density at radius 2 is 1.27 bits per heavy atom. The number of aryl methyl sites for hydroxylation is 4. The molecule has 1 amide bonds. The number of carbonyl (C=O) groups is 1. The number of nitrogens with one attached hydrogen (secondary N) is 1. The fourth-order valence-electron chi connectivity index (χ4n) is 4.02. The maximum atomic E-state index is 14.6. The van der Waals surface area contributed by atoms with Crippen molar-refractivity contribution in [2.45, 2.75) is 73.7 Å². The number of rotatable bonds is 10. The Morgan fingerprint density at radius 3 is 1.70 bits per heavy atom. The highest BCUT2D eigenvalue weighted by Gasteiger charge is 2.41. The first-order valence-electron chi connectivity index (χ1n) is 12.6. The molecule has 0 aromatic heterocycles. The fraction of sp³-hybridized carbons (Fsp3) is 0.367. The molecular weight excluding hydrogens is 485 g/mol. The minimum Gasteiger partial charge on any atom is -0.445 e. The van der Waals surface area contributed by atoms with Gasteiger partial charge in [-0.05, 0) is 111 Å². The van der Waals surface area contributed by atoms with Crippen LogP contribution in [-0.2, 0) is 15.9 Å². The van der Waals surface area contributed by atoms with E-state index in [0.29, 0.717) is 24.3 Å². The van der Waals surface area contributed by atoms with Crippen molar-refractivity contribution < 1.29 is 23.1 Å². The number of hydrogen-bond acceptors (Lipinski definition) is 5. The summed E-state index contributed by atoms with van der Waals surface area (Å²) in [7, 11) is -3.96. The monoisotopic (exact) mass is 523 g/mol. The fourth-order valence-corrected chi connectivity index (χ4v) is 5.95. The predicted molar refractivity (Wildman–Crippen MR) is 149 cm³/mol. The summed E-state index contributed by atoms with van der Waals surface area (Å²) in [4.78, 5) is 12.8. The normalized spacial score (nSPS) is 12.1. The van der Waals surface area contributed by atoms with E-state index >= 15 is 0 Å². The Hall–Kier alpha value is -3.24. The van der Waals surface area contributed by atoms with E-state index in [9.17, 15) is 9.36 Å². The lowest BCUT2D eigenvalue weighted by Gasteiger charge is -2.28. The highest BCUT2D eigenvalue weighted by Crippen LogP contribution is 2.54. The molecule has 0 radical (unpaired) electrons. The lowest BCUT2D eigenvalue weighted by molar-refractivity contribution is 0.137. The standard InChI is InChI=1S/C30H38NO5P/c1-8-12-29(31-30(32)34-19-26-13-10-9-11-14-26)37(33,35-27-15-20(2)24(6)21(3)16-27)36-28-17-22(4)25(7)23(5)18-28/h9-11,13-18,29H,8,12,19H2,1-7H3,(H,31,32)/t29-/m0/s1. The van der Waals surface area contributed by atoms with Gasteiger partial charge in [-0.1, -0.05) is 43.7 Å². The zero-order chi connectivity index (χ0) is 27.2. The van der Waals surface area contributed by atoms with Gasteiger partial charge in [-0.25, -0.2) is 9.36 Å². The first-order valence-corrected chi connectivity index (χ1v) is 14.3. The molecule has 0 bridgehead atoms. The van der Waals surface area contributed by atoms with E-state index in [1.807, 2.05) is 103 Å². The van der Waals surface area contributed by atoms with E-state index in [1.54, 1.807) is 0 Å². The Morgan fingerprint density at radius 1 is 0.811 bits per heavy atom. The number of carbonyl (C=O) groups excluding carboxylic acids is 1. The quantitative estimate of drug-likeness (QED) is 0.271. The Balaban J connectivity index is 1.94. The second kappa shape index (κ2) is 12.3. The van der Waals surface area contributed by atoms with E-state index in [-0.39, 0.29) is 6.61 Å². The highest BCUT2D eigenvalue weighted by molar-refractivity contribution is 7.55. The van der Waals surface area contributed by atoms with Gasteiger partial charge in [0.1, 0.15) is 18.1 Å². The Bertz CT molecular complexity index is 1180. The van der Waals surface area contributed by atoms with Crippen LogP contribution in [0.3, 0.4) is 0 Å². The van der Waals surface area contributed by atoms with Crippen molar-refractivity contribution in [2.24, 2.45) is 0 Å². The van der Waals surface area contributed by atoms with E-state index in [1.165, 1.54) is 0 Å². The first-order chi connectivity index (χ1) is 17.5. The van der Waals surface area contributed by atoms with Crippen LogP contribution in [0.5, 0.6) is 11.5 Å². The number of benzene rings is 3. The first kappa shape index (κ1) is 28.3. The van der Waals surface area contributed by atoms with E-state index in [4.69, 9.17) is 13.8 Å². The van der Waals surface area contributed by atoms with E-state index < -0.39 is 19.5 Å². The minimum atomic E-state index is -3.96. The molecule has 0 heterocycles. The molecule has 37 heavy (non-hydrogen) atoms. The van der Waals surface area contributed by atoms with Gasteiger partial charge in [-0.15, -0.1) is 0 Å². The van der Waals surface area contributed by atoms with Crippen LogP contribution in [0.2, 0.25) is 0 Å². The molecule has 3 aromatic carbocycles. The molecule has 1 atom stereocenters. The number of alkyl carbamates (subject to hydrolysis) is 1. The third-order valence-electron chi connectivity index (χ3n) is 6.71. The van der Waals surface area contributed by atoms with Crippen molar-refractivity contribution in [3.8, 4) is 11.5 Å². The van der Waals surface area contributed by atoms with Crippen molar-refractivity contribution in [1.82, 2.24) is 5.32 Å². The number of ether oxygens (including phenoxy) is 1. The summed E-state index contributed by atoms with van der Waals surface area (Å²) in [6.07, 6.45) is 0.353. The third kappa shape index (κ3) is 7.39. The average Bonchev–Trinajstić information content (AvgIpc) is 2.84. The molecule has 3 rings (SSSR count). The number of hydrogen-bond donors (Lipinski definition) is 1. The maximum Gasteiger partial charge on any atom is 0.453 e. The summed E-state index contributed by atoms with van der Waals surface area (Å²) in [6, 6.07) is 16.8. The van der Waals surface area contributed by atoms with Crippen molar-refractivity contribution in [1.29, 1.82) is 0 Å². The Kier molecular flexibility index (Phi) is 9.45. The van der Waals surface area contributed by atoms with Crippen LogP contribution in [0.4, 0.5) is 4.79 Å².